The van der Waals surface area contributed by atoms with Gasteiger partial charge in [-0.15, -0.1) is 11.6 Å². The second-order valence-corrected chi connectivity index (χ2v) is 5.46. The molecule has 0 bridgehead atoms. The Balaban J connectivity index is 1.62. The minimum atomic E-state index is -0.185. The van der Waals surface area contributed by atoms with E-state index in [9.17, 15) is 4.39 Å². The van der Waals surface area contributed by atoms with Gasteiger partial charge < -0.3 is 4.74 Å². The van der Waals surface area contributed by atoms with Crippen molar-refractivity contribution in [2.75, 3.05) is 19.6 Å². The molecule has 0 aliphatic carbocycles. The Morgan fingerprint density at radius 2 is 2.35 bits per heavy atom. The van der Waals surface area contributed by atoms with Gasteiger partial charge in [0.05, 0.1) is 0 Å². The molecule has 2 aliphatic heterocycles. The Hall–Kier alpha value is -0.800. The van der Waals surface area contributed by atoms with Gasteiger partial charge in [-0.1, -0.05) is 0 Å². The van der Waals surface area contributed by atoms with E-state index in [4.69, 9.17) is 16.3 Å². The minimum Gasteiger partial charge on any atom is -0.488 e. The Morgan fingerprint density at radius 3 is 3.12 bits per heavy atom. The first kappa shape index (κ1) is 11.3. The van der Waals surface area contributed by atoms with Crippen LogP contribution in [-0.4, -0.2) is 36.0 Å². The quantitative estimate of drug-likeness (QED) is 0.753. The molecule has 2 nitrogen and oxygen atoms in total. The van der Waals surface area contributed by atoms with E-state index < -0.39 is 0 Å². The van der Waals surface area contributed by atoms with Gasteiger partial charge in [0.25, 0.3) is 0 Å². The predicted molar refractivity (Wildman–Crippen MR) is 65.2 cm³/mol. The van der Waals surface area contributed by atoms with Gasteiger partial charge in [0, 0.05) is 30.5 Å². The van der Waals surface area contributed by atoms with E-state index in [2.05, 4.69) is 4.90 Å². The van der Waals surface area contributed by atoms with Gasteiger partial charge in [0.2, 0.25) is 0 Å². The van der Waals surface area contributed by atoms with Crippen LogP contribution in [0.2, 0.25) is 0 Å². The molecule has 1 aromatic rings. The minimum absolute atomic E-state index is 0.147. The van der Waals surface area contributed by atoms with E-state index in [1.165, 1.54) is 6.07 Å². The molecule has 3 rings (SSSR count). The maximum Gasteiger partial charge on any atom is 0.123 e. The van der Waals surface area contributed by atoms with Crippen LogP contribution in [0.15, 0.2) is 18.2 Å². The number of benzene rings is 1. The van der Waals surface area contributed by atoms with Crippen molar-refractivity contribution < 1.29 is 9.13 Å². The smallest absolute Gasteiger partial charge is 0.123 e. The average molecular weight is 256 g/mol. The summed E-state index contributed by atoms with van der Waals surface area (Å²) in [6, 6.07) is 4.74. The van der Waals surface area contributed by atoms with E-state index in [-0.39, 0.29) is 17.3 Å². The van der Waals surface area contributed by atoms with Crippen molar-refractivity contribution in [3.8, 4) is 5.75 Å². The second-order valence-electron chi connectivity index (χ2n) is 4.84. The molecule has 0 amide bonds. The van der Waals surface area contributed by atoms with Gasteiger partial charge in [-0.3, -0.25) is 4.90 Å². The molecule has 0 N–H and O–H groups in total. The number of rotatable bonds is 2. The first-order valence-corrected chi connectivity index (χ1v) is 6.46. The fourth-order valence-electron chi connectivity index (χ4n) is 2.63. The lowest BCUT2D eigenvalue weighted by atomic mass is 10.1. The zero-order valence-corrected chi connectivity index (χ0v) is 10.3. The summed E-state index contributed by atoms with van der Waals surface area (Å²) >= 11 is 6.07. The van der Waals surface area contributed by atoms with Gasteiger partial charge >= 0.3 is 0 Å². The van der Waals surface area contributed by atoms with Gasteiger partial charge in [-0.2, -0.15) is 0 Å². The van der Waals surface area contributed by atoms with Crippen molar-refractivity contribution in [1.82, 2.24) is 4.90 Å². The number of alkyl halides is 1. The van der Waals surface area contributed by atoms with E-state index in [1.54, 1.807) is 12.1 Å². The highest BCUT2D eigenvalue weighted by Crippen LogP contribution is 2.30. The summed E-state index contributed by atoms with van der Waals surface area (Å²) in [6.07, 6.45) is 2.00. The summed E-state index contributed by atoms with van der Waals surface area (Å²) in [5.41, 5.74) is 0.983. The van der Waals surface area contributed by atoms with Crippen LogP contribution in [0, 0.1) is 5.82 Å². The number of hydrogen-bond acceptors (Lipinski definition) is 2. The maximum absolute atomic E-state index is 13.1. The molecule has 0 saturated carbocycles. The van der Waals surface area contributed by atoms with Gasteiger partial charge in [-0.25, -0.2) is 4.39 Å². The molecule has 4 heteroatoms. The highest BCUT2D eigenvalue weighted by molar-refractivity contribution is 6.20. The number of fused-ring (bicyclic) bond motifs is 1. The summed E-state index contributed by atoms with van der Waals surface area (Å²) in [5, 5.41) is 0.274. The highest BCUT2D eigenvalue weighted by Gasteiger charge is 2.28. The first-order valence-electron chi connectivity index (χ1n) is 6.02. The lowest BCUT2D eigenvalue weighted by molar-refractivity contribution is 0.168. The number of ether oxygens (including phenoxy) is 1. The normalized spacial score (nSPS) is 28.1. The Kier molecular flexibility index (Phi) is 2.97. The molecule has 2 unspecified atom stereocenters. The molecule has 2 atom stereocenters. The van der Waals surface area contributed by atoms with Gasteiger partial charge in [0.15, 0.2) is 0 Å². The van der Waals surface area contributed by atoms with Crippen LogP contribution in [0.4, 0.5) is 4.39 Å². The molecule has 1 fully saturated rings. The third-order valence-electron chi connectivity index (χ3n) is 3.44. The van der Waals surface area contributed by atoms with Crippen molar-refractivity contribution in [2.24, 2.45) is 0 Å². The largest absolute Gasteiger partial charge is 0.488 e. The lowest BCUT2D eigenvalue weighted by Crippen LogP contribution is -2.33. The zero-order chi connectivity index (χ0) is 11.8. The standard InChI is InChI=1S/C13H15ClFNO/c14-10-3-4-16(7-10)8-12-6-9-5-11(15)1-2-13(9)17-12/h1-2,5,10,12H,3-4,6-8H2. The number of hydrogen-bond donors (Lipinski definition) is 0. The molecule has 0 radical (unpaired) electrons. The van der Waals surface area contributed by atoms with Crippen molar-refractivity contribution in [3.63, 3.8) is 0 Å². The molecular weight excluding hydrogens is 241 g/mol. The molecule has 0 spiro atoms. The highest BCUT2D eigenvalue weighted by atomic mass is 35.5. The van der Waals surface area contributed by atoms with Crippen LogP contribution in [-0.2, 0) is 6.42 Å². The predicted octanol–water partition coefficient (Wildman–Crippen LogP) is 2.44. The summed E-state index contributed by atoms with van der Waals surface area (Å²) in [5.74, 6) is 0.646. The Bertz CT molecular complexity index is 426. The summed E-state index contributed by atoms with van der Waals surface area (Å²) in [4.78, 5) is 2.32. The fourth-order valence-corrected chi connectivity index (χ4v) is 2.92. The van der Waals surface area contributed by atoms with Crippen LogP contribution < -0.4 is 4.74 Å². The summed E-state index contributed by atoms with van der Waals surface area (Å²) in [7, 11) is 0. The maximum atomic E-state index is 13.1. The monoisotopic (exact) mass is 255 g/mol. The van der Waals surface area contributed by atoms with Crippen LogP contribution in [0.3, 0.4) is 0 Å². The van der Waals surface area contributed by atoms with Gasteiger partial charge in [0.1, 0.15) is 17.7 Å². The first-order chi connectivity index (χ1) is 8.20. The van der Waals surface area contributed by atoms with Crippen LogP contribution in [0.25, 0.3) is 0 Å². The van der Waals surface area contributed by atoms with Crippen LogP contribution >= 0.6 is 11.6 Å². The number of nitrogens with zero attached hydrogens (tertiary/aromatic N) is 1. The molecule has 1 saturated heterocycles. The molecule has 2 aliphatic rings. The number of halogens is 2. The van der Waals surface area contributed by atoms with E-state index >= 15 is 0 Å². The zero-order valence-electron chi connectivity index (χ0n) is 9.53. The van der Waals surface area contributed by atoms with Crippen molar-refractivity contribution >= 4 is 11.6 Å². The third kappa shape index (κ3) is 2.40. The summed E-state index contributed by atoms with van der Waals surface area (Å²) < 4.78 is 18.9. The van der Waals surface area contributed by atoms with Crippen molar-refractivity contribution in [1.29, 1.82) is 0 Å². The molecule has 2 heterocycles. The Labute approximate surface area is 105 Å². The third-order valence-corrected chi connectivity index (χ3v) is 3.80. The van der Waals surface area contributed by atoms with Crippen molar-refractivity contribution in [2.45, 2.75) is 24.3 Å². The summed E-state index contributed by atoms with van der Waals surface area (Å²) in [6.45, 7) is 2.87. The van der Waals surface area contributed by atoms with Gasteiger partial charge in [-0.05, 0) is 31.2 Å². The lowest BCUT2D eigenvalue weighted by Gasteiger charge is -2.19. The molecule has 92 valence electrons. The molecule has 17 heavy (non-hydrogen) atoms. The van der Waals surface area contributed by atoms with E-state index in [0.717, 1.165) is 43.8 Å². The Morgan fingerprint density at radius 1 is 1.47 bits per heavy atom. The molecule has 0 aromatic heterocycles. The number of likely N-dealkylation sites (tertiary alicyclic amines) is 1. The fraction of sp³-hybridized carbons (Fsp3) is 0.538. The molecule has 1 aromatic carbocycles. The average Bonchev–Trinajstić information content (AvgIpc) is 2.84. The van der Waals surface area contributed by atoms with E-state index in [0.29, 0.717) is 0 Å². The van der Waals surface area contributed by atoms with Crippen LogP contribution in [0.1, 0.15) is 12.0 Å². The van der Waals surface area contributed by atoms with Crippen molar-refractivity contribution in [3.05, 3.63) is 29.6 Å². The topological polar surface area (TPSA) is 12.5 Å². The second kappa shape index (κ2) is 4.46. The SMILES string of the molecule is Fc1ccc2c(c1)CC(CN1CCC(Cl)C1)O2. The molecular formula is C13H15ClFNO. The van der Waals surface area contributed by atoms with E-state index in [1.807, 2.05) is 0 Å². The van der Waals surface area contributed by atoms with Crippen LogP contribution in [0.5, 0.6) is 5.75 Å².